The number of anilines is 1. The quantitative estimate of drug-likeness (QED) is 0.677. The summed E-state index contributed by atoms with van der Waals surface area (Å²) in [5, 5.41) is 2.00. The molecule has 0 saturated carbocycles. The second-order valence-corrected chi connectivity index (χ2v) is 3.84. The van der Waals surface area contributed by atoms with E-state index in [1.165, 1.54) is 11.3 Å². The van der Waals surface area contributed by atoms with E-state index in [4.69, 9.17) is 4.74 Å². The van der Waals surface area contributed by atoms with Gasteiger partial charge in [-0.3, -0.25) is 4.79 Å². The van der Waals surface area contributed by atoms with Gasteiger partial charge in [0.05, 0.1) is 11.5 Å². The largest absolute Gasteiger partial charge is 0.383 e. The number of carbonyl (C=O) groups excluding carboxylic acids is 1. The fourth-order valence-corrected chi connectivity index (χ4v) is 1.96. The Morgan fingerprint density at radius 2 is 2.43 bits per heavy atom. The standard InChI is InChI=1S/C10H15NO2S/c1-3-11(4-5-13-2)9-6-10(7-12)14-8-9/h6-8H,3-5H2,1-2H3. The van der Waals surface area contributed by atoms with E-state index < -0.39 is 0 Å². The maximum absolute atomic E-state index is 10.5. The molecule has 1 aromatic heterocycles. The van der Waals surface area contributed by atoms with Crippen LogP contribution in [0.4, 0.5) is 5.69 Å². The van der Waals surface area contributed by atoms with Crippen LogP contribution in [0, 0.1) is 0 Å². The molecule has 1 heterocycles. The summed E-state index contributed by atoms with van der Waals surface area (Å²) in [6.07, 6.45) is 0.887. The number of likely N-dealkylation sites (N-methyl/N-ethyl adjacent to an activating group) is 1. The molecule has 1 rings (SSSR count). The molecular weight excluding hydrogens is 198 g/mol. The van der Waals surface area contributed by atoms with Crippen molar-refractivity contribution in [2.45, 2.75) is 6.92 Å². The highest BCUT2D eigenvalue weighted by Crippen LogP contribution is 2.21. The van der Waals surface area contributed by atoms with E-state index in [1.54, 1.807) is 7.11 Å². The Balaban J connectivity index is 2.63. The minimum absolute atomic E-state index is 0.708. The molecule has 0 aliphatic rings. The molecule has 0 bridgehead atoms. The molecular formula is C10H15NO2S. The Labute approximate surface area is 88.3 Å². The first kappa shape index (κ1) is 11.2. The summed E-state index contributed by atoms with van der Waals surface area (Å²) in [4.78, 5) is 13.5. The van der Waals surface area contributed by atoms with E-state index in [0.717, 1.165) is 29.9 Å². The van der Waals surface area contributed by atoms with Gasteiger partial charge in [0.25, 0.3) is 0 Å². The fourth-order valence-electron chi connectivity index (χ4n) is 1.24. The van der Waals surface area contributed by atoms with Crippen molar-refractivity contribution in [2.24, 2.45) is 0 Å². The van der Waals surface area contributed by atoms with E-state index >= 15 is 0 Å². The predicted octanol–water partition coefficient (Wildman–Crippen LogP) is 2.03. The molecule has 0 fully saturated rings. The number of aldehydes is 1. The lowest BCUT2D eigenvalue weighted by atomic mass is 10.4. The average molecular weight is 213 g/mol. The number of hydrogen-bond acceptors (Lipinski definition) is 4. The van der Waals surface area contributed by atoms with Crippen LogP contribution >= 0.6 is 11.3 Å². The lowest BCUT2D eigenvalue weighted by molar-refractivity contribution is 0.112. The van der Waals surface area contributed by atoms with Gasteiger partial charge in [0.2, 0.25) is 0 Å². The molecule has 14 heavy (non-hydrogen) atoms. The smallest absolute Gasteiger partial charge is 0.160 e. The van der Waals surface area contributed by atoms with Gasteiger partial charge in [-0.05, 0) is 13.0 Å². The number of thiophene rings is 1. The normalized spacial score (nSPS) is 10.1. The Kier molecular flexibility index (Phi) is 4.62. The number of ether oxygens (including phenoxy) is 1. The molecule has 4 heteroatoms. The van der Waals surface area contributed by atoms with Crippen molar-refractivity contribution in [3.8, 4) is 0 Å². The third-order valence-corrected chi connectivity index (χ3v) is 2.88. The van der Waals surface area contributed by atoms with Crippen molar-refractivity contribution in [3.63, 3.8) is 0 Å². The number of carbonyl (C=O) groups is 1. The first-order chi connectivity index (χ1) is 6.81. The van der Waals surface area contributed by atoms with E-state index in [-0.39, 0.29) is 0 Å². The summed E-state index contributed by atoms with van der Waals surface area (Å²) in [6, 6.07) is 1.91. The zero-order valence-corrected chi connectivity index (χ0v) is 9.34. The highest BCUT2D eigenvalue weighted by molar-refractivity contribution is 7.12. The SMILES string of the molecule is CCN(CCOC)c1csc(C=O)c1. The molecule has 0 atom stereocenters. The molecule has 1 aromatic rings. The summed E-state index contributed by atoms with van der Waals surface area (Å²) in [6.45, 7) is 4.59. The van der Waals surface area contributed by atoms with Crippen LogP contribution in [0.5, 0.6) is 0 Å². The number of nitrogens with zero attached hydrogens (tertiary/aromatic N) is 1. The van der Waals surface area contributed by atoms with Gasteiger partial charge in [-0.15, -0.1) is 11.3 Å². The fraction of sp³-hybridized carbons (Fsp3) is 0.500. The summed E-state index contributed by atoms with van der Waals surface area (Å²) < 4.78 is 5.02. The second kappa shape index (κ2) is 5.78. The minimum atomic E-state index is 0.708. The topological polar surface area (TPSA) is 29.5 Å². The van der Waals surface area contributed by atoms with Gasteiger partial charge in [0.15, 0.2) is 6.29 Å². The van der Waals surface area contributed by atoms with E-state index in [2.05, 4.69) is 11.8 Å². The van der Waals surface area contributed by atoms with Gasteiger partial charge in [-0.2, -0.15) is 0 Å². The highest BCUT2D eigenvalue weighted by Gasteiger charge is 2.06. The molecule has 0 aliphatic carbocycles. The van der Waals surface area contributed by atoms with Crippen LogP contribution in [0.15, 0.2) is 11.4 Å². The Morgan fingerprint density at radius 1 is 1.64 bits per heavy atom. The van der Waals surface area contributed by atoms with E-state index in [9.17, 15) is 4.79 Å². The maximum atomic E-state index is 10.5. The Hall–Kier alpha value is -0.870. The first-order valence-electron chi connectivity index (χ1n) is 4.59. The van der Waals surface area contributed by atoms with Crippen LogP contribution in [0.2, 0.25) is 0 Å². The summed E-state index contributed by atoms with van der Waals surface area (Å²) in [5.74, 6) is 0. The van der Waals surface area contributed by atoms with Crippen LogP contribution < -0.4 is 4.90 Å². The Bertz CT molecular complexity index is 285. The van der Waals surface area contributed by atoms with Gasteiger partial charge < -0.3 is 9.64 Å². The third-order valence-electron chi connectivity index (χ3n) is 2.03. The molecule has 0 N–H and O–H groups in total. The van der Waals surface area contributed by atoms with Crippen molar-refractivity contribution in [2.75, 3.05) is 31.7 Å². The van der Waals surface area contributed by atoms with Crippen molar-refractivity contribution in [3.05, 3.63) is 16.3 Å². The summed E-state index contributed by atoms with van der Waals surface area (Å²) in [7, 11) is 1.69. The molecule has 0 radical (unpaired) electrons. The zero-order valence-electron chi connectivity index (χ0n) is 8.53. The zero-order chi connectivity index (χ0) is 10.4. The van der Waals surface area contributed by atoms with Gasteiger partial charge in [-0.25, -0.2) is 0 Å². The number of rotatable bonds is 6. The van der Waals surface area contributed by atoms with E-state index in [0.29, 0.717) is 6.61 Å². The van der Waals surface area contributed by atoms with Crippen LogP contribution in [0.1, 0.15) is 16.6 Å². The van der Waals surface area contributed by atoms with Crippen molar-refractivity contribution in [1.82, 2.24) is 0 Å². The molecule has 3 nitrogen and oxygen atoms in total. The lowest BCUT2D eigenvalue weighted by Crippen LogP contribution is -2.26. The molecule has 0 spiro atoms. The molecule has 0 unspecified atom stereocenters. The predicted molar refractivity (Wildman–Crippen MR) is 59.5 cm³/mol. The van der Waals surface area contributed by atoms with Crippen molar-refractivity contribution in [1.29, 1.82) is 0 Å². The summed E-state index contributed by atoms with van der Waals surface area (Å²) >= 11 is 1.48. The third kappa shape index (κ3) is 2.82. The average Bonchev–Trinajstić information content (AvgIpc) is 2.68. The van der Waals surface area contributed by atoms with Crippen molar-refractivity contribution < 1.29 is 9.53 Å². The van der Waals surface area contributed by atoms with Gasteiger partial charge >= 0.3 is 0 Å². The number of hydrogen-bond donors (Lipinski definition) is 0. The monoisotopic (exact) mass is 213 g/mol. The molecule has 0 saturated heterocycles. The van der Waals surface area contributed by atoms with Crippen molar-refractivity contribution >= 4 is 23.3 Å². The summed E-state index contributed by atoms with van der Waals surface area (Å²) in [5.41, 5.74) is 1.11. The van der Waals surface area contributed by atoms with Gasteiger partial charge in [-0.1, -0.05) is 0 Å². The van der Waals surface area contributed by atoms with Gasteiger partial charge in [0, 0.05) is 31.3 Å². The van der Waals surface area contributed by atoms with Crippen LogP contribution in [-0.2, 0) is 4.74 Å². The molecule has 78 valence electrons. The minimum Gasteiger partial charge on any atom is -0.383 e. The number of methoxy groups -OCH3 is 1. The van der Waals surface area contributed by atoms with Crippen LogP contribution in [0.3, 0.4) is 0 Å². The van der Waals surface area contributed by atoms with Gasteiger partial charge in [0.1, 0.15) is 0 Å². The molecule has 0 aromatic carbocycles. The van der Waals surface area contributed by atoms with Crippen LogP contribution in [-0.4, -0.2) is 33.1 Å². The lowest BCUT2D eigenvalue weighted by Gasteiger charge is -2.20. The van der Waals surface area contributed by atoms with E-state index in [1.807, 2.05) is 11.4 Å². The first-order valence-corrected chi connectivity index (χ1v) is 5.47. The van der Waals surface area contributed by atoms with Crippen LogP contribution in [0.25, 0.3) is 0 Å². The maximum Gasteiger partial charge on any atom is 0.160 e. The highest BCUT2D eigenvalue weighted by atomic mass is 32.1. The Morgan fingerprint density at radius 3 is 2.93 bits per heavy atom. The molecule has 0 amide bonds. The molecule has 0 aliphatic heterocycles. The second-order valence-electron chi connectivity index (χ2n) is 2.90.